The summed E-state index contributed by atoms with van der Waals surface area (Å²) in [6.07, 6.45) is 0. The molecule has 0 bridgehead atoms. The molecule has 0 unspecified atom stereocenters. The minimum atomic E-state index is -3.84. The van der Waals surface area contributed by atoms with Crippen molar-refractivity contribution in [2.75, 3.05) is 29.4 Å². The molecule has 0 saturated carbocycles. The topological polar surface area (TPSA) is 109 Å². The molecule has 1 aliphatic heterocycles. The van der Waals surface area contributed by atoms with Crippen LogP contribution in [-0.2, 0) is 10.0 Å². The van der Waals surface area contributed by atoms with Crippen LogP contribution in [0.5, 0.6) is 5.75 Å². The zero-order valence-electron chi connectivity index (χ0n) is 18.7. The summed E-state index contributed by atoms with van der Waals surface area (Å²) in [6, 6.07) is 13.7. The van der Waals surface area contributed by atoms with Crippen LogP contribution in [-0.4, -0.2) is 48.0 Å². The molecular weight excluding hydrogens is 494 g/mol. The zero-order valence-corrected chi connectivity index (χ0v) is 21.2. The van der Waals surface area contributed by atoms with E-state index in [0.717, 1.165) is 16.6 Å². The van der Waals surface area contributed by atoms with E-state index in [1.807, 2.05) is 29.2 Å². The first-order valence-corrected chi connectivity index (χ1v) is 13.1. The van der Waals surface area contributed by atoms with Crippen molar-refractivity contribution in [2.24, 2.45) is 4.99 Å². The van der Waals surface area contributed by atoms with Gasteiger partial charge in [-0.2, -0.15) is 4.98 Å². The molecule has 0 radical (unpaired) electrons. The first-order valence-electron chi connectivity index (χ1n) is 10.3. The molecule has 0 spiro atoms. The molecule has 1 saturated heterocycles. The first kappa shape index (κ1) is 24.0. The summed E-state index contributed by atoms with van der Waals surface area (Å²) < 4.78 is 38.3. The summed E-state index contributed by atoms with van der Waals surface area (Å²) in [7, 11) is -2.23. The number of nitrogens with one attached hydrogen (secondary N) is 2. The van der Waals surface area contributed by atoms with Crippen LogP contribution < -0.4 is 14.8 Å². The Morgan fingerprint density at radius 1 is 1.21 bits per heavy atom. The number of oxazole rings is 1. The van der Waals surface area contributed by atoms with Crippen molar-refractivity contribution in [1.82, 2.24) is 9.88 Å². The van der Waals surface area contributed by atoms with Gasteiger partial charge in [0.15, 0.2) is 10.3 Å². The number of amidine groups is 1. The van der Waals surface area contributed by atoms with Gasteiger partial charge in [-0.25, -0.2) is 18.1 Å². The number of para-hydroxylation sites is 2. The van der Waals surface area contributed by atoms with Gasteiger partial charge >= 0.3 is 6.01 Å². The molecule has 2 aromatic carbocycles. The van der Waals surface area contributed by atoms with E-state index in [1.54, 1.807) is 44.9 Å². The monoisotopic (exact) mass is 517 g/mol. The normalized spacial score (nSPS) is 14.9. The zero-order chi connectivity index (χ0) is 24.3. The fraction of sp³-hybridized carbons (Fsp3) is 0.227. The van der Waals surface area contributed by atoms with Crippen molar-refractivity contribution in [3.05, 3.63) is 60.0 Å². The van der Waals surface area contributed by atoms with Gasteiger partial charge in [0.25, 0.3) is 10.0 Å². The Morgan fingerprint density at radius 2 is 1.94 bits per heavy atom. The van der Waals surface area contributed by atoms with Crippen LogP contribution >= 0.6 is 24.0 Å². The predicted molar refractivity (Wildman–Crippen MR) is 139 cm³/mol. The second-order valence-electron chi connectivity index (χ2n) is 7.29. The molecule has 178 valence electrons. The lowest BCUT2D eigenvalue weighted by atomic mass is 10.3. The van der Waals surface area contributed by atoms with Crippen LogP contribution in [0.25, 0.3) is 0 Å². The van der Waals surface area contributed by atoms with Crippen molar-refractivity contribution in [2.45, 2.75) is 18.7 Å². The first-order chi connectivity index (χ1) is 16.3. The highest BCUT2D eigenvalue weighted by atomic mass is 32.2. The van der Waals surface area contributed by atoms with Crippen molar-refractivity contribution >= 4 is 61.7 Å². The molecule has 12 heteroatoms. The highest BCUT2D eigenvalue weighted by Gasteiger charge is 2.24. The fourth-order valence-corrected chi connectivity index (χ4v) is 5.35. The molecule has 34 heavy (non-hydrogen) atoms. The largest absolute Gasteiger partial charge is 0.494 e. The maximum atomic E-state index is 12.6. The molecular formula is C22H23N5O4S3. The minimum Gasteiger partial charge on any atom is -0.494 e. The summed E-state index contributed by atoms with van der Waals surface area (Å²) in [6.45, 7) is 4.16. The SMILES string of the molecule is COc1ccccc1N=C1SCCN1C(=S)Nc1ccc(S(=O)(=O)Nc2nc(C)c(C)o2)cc1. The number of methoxy groups -OCH3 is 1. The molecule has 0 atom stereocenters. The van der Waals surface area contributed by atoms with E-state index < -0.39 is 10.0 Å². The van der Waals surface area contributed by atoms with Crippen LogP contribution in [0.2, 0.25) is 0 Å². The van der Waals surface area contributed by atoms with E-state index in [0.29, 0.717) is 34.5 Å². The summed E-state index contributed by atoms with van der Waals surface area (Å²) >= 11 is 7.20. The van der Waals surface area contributed by atoms with Gasteiger partial charge in [-0.05, 0) is 62.5 Å². The summed E-state index contributed by atoms with van der Waals surface area (Å²) in [4.78, 5) is 10.8. The standard InChI is InChI=1S/C22H23N5O4S3/c1-14-15(2)31-20(23-14)26-34(28,29)17-10-8-16(9-11-17)24-21(32)27-12-13-33-22(27)25-18-6-4-5-7-19(18)30-3/h4-11H,12-13H2,1-3H3,(H,23,26)(H,24,32). The number of ether oxygens (including phenoxy) is 1. The second kappa shape index (κ2) is 10.0. The van der Waals surface area contributed by atoms with E-state index in [4.69, 9.17) is 26.4 Å². The number of anilines is 2. The fourth-order valence-electron chi connectivity index (χ4n) is 3.11. The highest BCUT2D eigenvalue weighted by molar-refractivity contribution is 8.14. The molecule has 2 N–H and O–H groups in total. The van der Waals surface area contributed by atoms with Crippen LogP contribution in [0.1, 0.15) is 11.5 Å². The van der Waals surface area contributed by atoms with Crippen LogP contribution in [0.4, 0.5) is 17.4 Å². The molecule has 0 aliphatic carbocycles. The van der Waals surface area contributed by atoms with Gasteiger partial charge in [0.05, 0.1) is 17.7 Å². The van der Waals surface area contributed by atoms with E-state index in [1.165, 1.54) is 12.1 Å². The lowest BCUT2D eigenvalue weighted by molar-refractivity contribution is 0.416. The van der Waals surface area contributed by atoms with Crippen molar-refractivity contribution in [1.29, 1.82) is 0 Å². The van der Waals surface area contributed by atoms with Crippen LogP contribution in [0.15, 0.2) is 62.8 Å². The Bertz CT molecular complexity index is 1320. The van der Waals surface area contributed by atoms with E-state index in [9.17, 15) is 8.42 Å². The minimum absolute atomic E-state index is 0.0632. The lowest BCUT2D eigenvalue weighted by Crippen LogP contribution is -2.35. The smallest absolute Gasteiger partial charge is 0.309 e. The number of aromatic nitrogens is 1. The van der Waals surface area contributed by atoms with Gasteiger partial charge in [0.1, 0.15) is 17.2 Å². The predicted octanol–water partition coefficient (Wildman–Crippen LogP) is 4.53. The van der Waals surface area contributed by atoms with Gasteiger partial charge in [0, 0.05) is 18.0 Å². The highest BCUT2D eigenvalue weighted by Crippen LogP contribution is 2.30. The van der Waals surface area contributed by atoms with Gasteiger partial charge in [0.2, 0.25) is 0 Å². The van der Waals surface area contributed by atoms with Gasteiger partial charge in [-0.3, -0.25) is 4.90 Å². The molecule has 1 fully saturated rings. The quantitative estimate of drug-likeness (QED) is 0.456. The molecule has 4 rings (SSSR count). The molecule has 1 aliphatic rings. The van der Waals surface area contributed by atoms with Crippen molar-refractivity contribution < 1.29 is 17.6 Å². The number of thiocarbonyl (C=S) groups is 1. The third kappa shape index (κ3) is 5.34. The number of sulfonamides is 1. The number of hydrogen-bond donors (Lipinski definition) is 2. The van der Waals surface area contributed by atoms with Crippen LogP contribution in [0, 0.1) is 13.8 Å². The Morgan fingerprint density at radius 3 is 2.62 bits per heavy atom. The Hall–Kier alpha value is -3.09. The molecule has 9 nitrogen and oxygen atoms in total. The number of thioether (sulfide) groups is 1. The van der Waals surface area contributed by atoms with Gasteiger partial charge in [-0.15, -0.1) is 0 Å². The number of benzene rings is 2. The van der Waals surface area contributed by atoms with Crippen LogP contribution in [0.3, 0.4) is 0 Å². The molecule has 0 amide bonds. The van der Waals surface area contributed by atoms with E-state index >= 15 is 0 Å². The number of hydrogen-bond acceptors (Lipinski definition) is 8. The Kier molecular flexibility index (Phi) is 7.10. The van der Waals surface area contributed by atoms with Gasteiger partial charge in [-0.1, -0.05) is 23.9 Å². The lowest BCUT2D eigenvalue weighted by Gasteiger charge is -2.20. The summed E-state index contributed by atoms with van der Waals surface area (Å²) in [5.74, 6) is 2.08. The number of rotatable bonds is 6. The number of aryl methyl sites for hydroxylation is 2. The maximum Gasteiger partial charge on any atom is 0.309 e. The summed E-state index contributed by atoms with van der Waals surface area (Å²) in [5, 5.41) is 4.39. The van der Waals surface area contributed by atoms with Crippen molar-refractivity contribution in [3.8, 4) is 5.75 Å². The molecule has 2 heterocycles. The average Bonchev–Trinajstić information content (AvgIpc) is 3.39. The van der Waals surface area contributed by atoms with E-state index in [2.05, 4.69) is 15.0 Å². The third-order valence-corrected chi connectivity index (χ3v) is 7.60. The van der Waals surface area contributed by atoms with Gasteiger partial charge < -0.3 is 14.5 Å². The maximum absolute atomic E-state index is 12.6. The Balaban J connectivity index is 1.45. The van der Waals surface area contributed by atoms with Crippen molar-refractivity contribution in [3.63, 3.8) is 0 Å². The molecule has 3 aromatic rings. The van der Waals surface area contributed by atoms with E-state index in [-0.39, 0.29) is 10.9 Å². The Labute approximate surface area is 207 Å². The number of nitrogens with zero attached hydrogens (tertiary/aromatic N) is 3. The number of aliphatic imine (C=N–C) groups is 1. The average molecular weight is 518 g/mol. The summed E-state index contributed by atoms with van der Waals surface area (Å²) in [5.41, 5.74) is 2.00. The second-order valence-corrected chi connectivity index (χ2v) is 10.4. The molecule has 1 aromatic heterocycles. The third-order valence-electron chi connectivity index (χ3n) is 4.99.